The normalized spacial score (nSPS) is 16.3. The van der Waals surface area contributed by atoms with Gasteiger partial charge in [0.15, 0.2) is 23.1 Å². The molecule has 0 radical (unpaired) electrons. The van der Waals surface area contributed by atoms with Crippen molar-refractivity contribution in [3.05, 3.63) is 223 Å². The summed E-state index contributed by atoms with van der Waals surface area (Å²) in [7, 11) is 4.66. The second-order valence-electron chi connectivity index (χ2n) is 27.6. The van der Waals surface area contributed by atoms with Crippen molar-refractivity contribution in [2.24, 2.45) is 0 Å². The summed E-state index contributed by atoms with van der Waals surface area (Å²) >= 11 is 0. The lowest BCUT2D eigenvalue weighted by molar-refractivity contribution is -0.141. The first kappa shape index (κ1) is 75.3. The smallest absolute Gasteiger partial charge is 0.305 e. The highest BCUT2D eigenvalue weighted by atomic mass is 32.2. The van der Waals surface area contributed by atoms with Crippen LogP contribution in [0.25, 0.3) is 0 Å². The van der Waals surface area contributed by atoms with Gasteiger partial charge in [0.05, 0.1) is 45.4 Å². The number of carbonyl (C=O) groups excluding carboxylic acids is 8. The van der Waals surface area contributed by atoms with Gasteiger partial charge in [-0.1, -0.05) is 67.6 Å². The molecular weight excluding hydrogens is 1390 g/mol. The molecule has 0 unspecified atom stereocenters. The third-order valence-electron chi connectivity index (χ3n) is 20.2. The number of methoxy groups -OCH3 is 3. The molecule has 0 aliphatic carbocycles. The van der Waals surface area contributed by atoms with E-state index in [4.69, 9.17) is 23.1 Å². The predicted molar refractivity (Wildman–Crippen MR) is 405 cm³/mol. The average Bonchev–Trinajstić information content (AvgIpc) is 1.62. The number of hydrogen-bond donors (Lipinski definition) is 2. The van der Waals surface area contributed by atoms with Gasteiger partial charge in [-0.05, 0) is 173 Å². The number of rotatable bonds is 21. The van der Waals surface area contributed by atoms with E-state index >= 15 is 0 Å². The fraction of sp³-hybridized carbons (Fsp3) is 0.325. The van der Waals surface area contributed by atoms with Crippen LogP contribution in [0.1, 0.15) is 125 Å². The highest BCUT2D eigenvalue weighted by molar-refractivity contribution is 7.85. The number of anilines is 6. The molecule has 0 spiro atoms. The van der Waals surface area contributed by atoms with Crippen molar-refractivity contribution in [2.45, 2.75) is 123 Å². The third kappa shape index (κ3) is 16.5. The summed E-state index contributed by atoms with van der Waals surface area (Å²) in [5.41, 5.74) is 15.0. The predicted octanol–water partition coefficient (Wildman–Crippen LogP) is 11.3. The molecule has 2 N–H and O–H groups in total. The lowest BCUT2D eigenvalue weighted by Gasteiger charge is -2.23. The molecule has 0 saturated carbocycles. The van der Waals surface area contributed by atoms with Crippen molar-refractivity contribution in [3.8, 4) is 23.0 Å². The number of benzene rings is 8. The molecule has 24 heteroatoms. The number of esters is 2. The van der Waals surface area contributed by atoms with Crippen LogP contribution in [0.2, 0.25) is 0 Å². The molecule has 3 atom stereocenters. The average molecular weight is 1470 g/mol. The van der Waals surface area contributed by atoms with Gasteiger partial charge in [0.1, 0.15) is 42.8 Å². The first-order valence-electron chi connectivity index (χ1n) is 35.5. The topological polar surface area (TPSA) is 275 Å². The van der Waals surface area contributed by atoms with Gasteiger partial charge in [0.2, 0.25) is 5.91 Å². The summed E-state index contributed by atoms with van der Waals surface area (Å²) < 4.78 is 55.2. The molecule has 0 saturated heterocycles. The van der Waals surface area contributed by atoms with E-state index in [1.54, 1.807) is 45.9 Å². The fourth-order valence-corrected chi connectivity index (χ4v) is 14.9. The molecule has 556 valence electrons. The summed E-state index contributed by atoms with van der Waals surface area (Å²) in [6.07, 6.45) is 5.59. The highest BCUT2D eigenvalue weighted by Gasteiger charge is 2.45. The number of aromatic hydroxyl groups is 1. The van der Waals surface area contributed by atoms with Gasteiger partial charge in [0, 0.05) is 118 Å². The second kappa shape index (κ2) is 32.2. The number of nitrogens with zero attached hydrogens (tertiary/aromatic N) is 5. The summed E-state index contributed by atoms with van der Waals surface area (Å²) in [6, 6.07) is 43.2. The standard InChI is InChI=1S/C49H46N4O9.C18H15NO3.C16H25NO5S/c1-28-16-35-33(22-42(54)40-20-31-10-5-7-12-38(31)52(40)48(35)57)23-43(28)61-26-29-17-30(19-34(18-29)51(2)15-9-14-46(55)60-4)27-62-45-25-37-36(24-44(45)59-3)49(58)53-39-13-8-6-11-32(39)21-41(53)47(56)50-37;1-10-6-13-12(8-16(10)20)9-17(21)15-7-11-4-2-3-5-14(11)19(15)18(13)22;1-5-13-9-14(12-22-23(4,19)20)11-15(10-13)17(2)8-6-7-16(18)21-3/h5-8,10-13,16-19,23-25,40-41H,9,14-15,20-22,26-27H2,1-4H3,(H,50,56);2-6,8,15,20H,7,9H2,1H3;9-11H,5-8,12H2,1-4H3/t40-,41-;15-;/m00./s1. The van der Waals surface area contributed by atoms with Crippen molar-refractivity contribution in [1.82, 2.24) is 0 Å². The Labute approximate surface area is 622 Å². The molecule has 14 rings (SSSR count). The van der Waals surface area contributed by atoms with Gasteiger partial charge in [-0.25, -0.2) is 0 Å². The van der Waals surface area contributed by atoms with Crippen molar-refractivity contribution in [2.75, 3.05) is 84.6 Å². The Bertz CT molecular complexity index is 4980. The SMILES string of the molecule is CCc1cc(COS(C)(=O)=O)cc(N(C)CCCC(=O)OC)c1.COC(=O)CCCN(C)c1cc(COc2cc3c(cc2C)C(=O)N2c4ccccc4C[C@H]2C(=O)C3)cc(COc2cc3c(cc2OC)C(=O)N2c4ccccc4C[C@H]2C(=O)N3)c1.Cc1cc2c(cc1O)CC(=O)[C@@H]1Cc3ccccc3N1C2=O. The van der Waals surface area contributed by atoms with Crippen LogP contribution < -0.4 is 44.0 Å². The molecule has 8 aromatic rings. The molecule has 23 nitrogen and oxygen atoms in total. The zero-order chi connectivity index (χ0) is 76.1. The number of phenolic OH excluding ortho intramolecular Hbond substituents is 1. The van der Waals surface area contributed by atoms with E-state index in [2.05, 4.69) is 16.1 Å². The van der Waals surface area contributed by atoms with E-state index in [-0.39, 0.29) is 92.0 Å². The van der Waals surface area contributed by atoms with Gasteiger partial charge in [0.25, 0.3) is 27.8 Å². The van der Waals surface area contributed by atoms with E-state index in [1.807, 2.05) is 153 Å². The Morgan fingerprint density at radius 2 is 0.953 bits per heavy atom. The van der Waals surface area contributed by atoms with Crippen molar-refractivity contribution in [1.29, 1.82) is 0 Å². The Morgan fingerprint density at radius 3 is 1.45 bits per heavy atom. The van der Waals surface area contributed by atoms with E-state index in [9.17, 15) is 51.9 Å². The molecule has 0 aromatic heterocycles. The number of amides is 4. The minimum Gasteiger partial charge on any atom is -0.508 e. The molecule has 6 heterocycles. The molecule has 107 heavy (non-hydrogen) atoms. The van der Waals surface area contributed by atoms with Gasteiger partial charge >= 0.3 is 11.9 Å². The van der Waals surface area contributed by atoms with Crippen LogP contribution in [0.15, 0.2) is 146 Å². The quantitative estimate of drug-likeness (QED) is 0.0499. The van der Waals surface area contributed by atoms with E-state index < -0.39 is 28.2 Å². The maximum absolute atomic E-state index is 14.0. The van der Waals surface area contributed by atoms with Gasteiger partial charge < -0.3 is 43.9 Å². The van der Waals surface area contributed by atoms with Crippen molar-refractivity contribution in [3.63, 3.8) is 0 Å². The lowest BCUT2D eigenvalue weighted by Crippen LogP contribution is -2.42. The monoisotopic (exact) mass is 1470 g/mol. The lowest BCUT2D eigenvalue weighted by atomic mass is 9.97. The van der Waals surface area contributed by atoms with Crippen molar-refractivity contribution < 1.29 is 79.7 Å². The van der Waals surface area contributed by atoms with E-state index in [0.717, 1.165) is 79.9 Å². The maximum atomic E-state index is 14.0. The Balaban J connectivity index is 0.000000193. The molecule has 6 aliphatic rings. The first-order valence-corrected chi connectivity index (χ1v) is 37.3. The van der Waals surface area contributed by atoms with Crippen LogP contribution in [0.4, 0.5) is 34.1 Å². The van der Waals surface area contributed by atoms with Crippen molar-refractivity contribution >= 4 is 91.4 Å². The van der Waals surface area contributed by atoms with E-state index in [1.165, 1.54) is 21.3 Å². The number of fused-ring (bicyclic) bond motifs is 12. The minimum absolute atomic E-state index is 0.0121. The number of nitrogens with one attached hydrogen (secondary N) is 1. The van der Waals surface area contributed by atoms with E-state index in [0.29, 0.717) is 114 Å². The van der Waals surface area contributed by atoms with Gasteiger partial charge in [-0.3, -0.25) is 57.2 Å². The number of Topliss-reactive ketones (excluding diaryl/α,β-unsaturated/α-hetero) is 2. The van der Waals surface area contributed by atoms with Crippen LogP contribution in [0, 0.1) is 13.8 Å². The fourth-order valence-electron chi connectivity index (χ4n) is 14.5. The Kier molecular flexibility index (Phi) is 22.6. The molecule has 0 bridgehead atoms. The molecule has 6 aliphatic heterocycles. The first-order chi connectivity index (χ1) is 51.3. The maximum Gasteiger partial charge on any atom is 0.305 e. The number of hydrogen-bond acceptors (Lipinski definition) is 19. The number of ketones is 2. The molecule has 4 amide bonds. The molecule has 8 aromatic carbocycles. The number of para-hydroxylation sites is 3. The third-order valence-corrected chi connectivity index (χ3v) is 20.8. The Hall–Kier alpha value is -11.4. The van der Waals surface area contributed by atoms with Crippen LogP contribution in [0.3, 0.4) is 0 Å². The van der Waals surface area contributed by atoms with Crippen LogP contribution in [-0.2, 0) is 106 Å². The zero-order valence-electron chi connectivity index (χ0n) is 61.3. The summed E-state index contributed by atoms with van der Waals surface area (Å²) in [5, 5.41) is 12.8. The van der Waals surface area contributed by atoms with Crippen LogP contribution >= 0.6 is 0 Å². The molecule has 0 fully saturated rings. The van der Waals surface area contributed by atoms with Crippen LogP contribution in [-0.4, -0.2) is 134 Å². The number of carbonyl (C=O) groups is 8. The zero-order valence-corrected chi connectivity index (χ0v) is 62.1. The highest BCUT2D eigenvalue weighted by Crippen LogP contribution is 2.44. The largest absolute Gasteiger partial charge is 0.508 e. The summed E-state index contributed by atoms with van der Waals surface area (Å²) in [6.45, 7) is 7.24. The Morgan fingerprint density at radius 1 is 0.514 bits per heavy atom. The number of phenols is 1. The minimum atomic E-state index is -3.47. The molecular formula is C83H86N6O17S. The van der Waals surface area contributed by atoms with Gasteiger partial charge in [-0.2, -0.15) is 8.42 Å². The summed E-state index contributed by atoms with van der Waals surface area (Å²) in [5.74, 6) is -0.0618. The van der Waals surface area contributed by atoms with Gasteiger partial charge in [-0.15, -0.1) is 0 Å². The summed E-state index contributed by atoms with van der Waals surface area (Å²) in [4.78, 5) is 113. The second-order valence-corrected chi connectivity index (χ2v) is 29.2. The van der Waals surface area contributed by atoms with Crippen LogP contribution in [0.5, 0.6) is 23.0 Å². The number of aryl methyl sites for hydroxylation is 3. The number of ether oxygens (including phenoxy) is 5.